The molecule has 8 heteroatoms. The van der Waals surface area contributed by atoms with E-state index in [0.29, 0.717) is 35.5 Å². The molecule has 1 unspecified atom stereocenters. The number of rotatable bonds is 6. The second kappa shape index (κ2) is 9.78. The Kier molecular flexibility index (Phi) is 7.14. The van der Waals surface area contributed by atoms with Gasteiger partial charge in [-0.3, -0.25) is 9.59 Å². The molecule has 3 rings (SSSR count). The summed E-state index contributed by atoms with van der Waals surface area (Å²) in [5.74, 6) is -0.222. The minimum absolute atomic E-state index is 0.0992. The van der Waals surface area contributed by atoms with Crippen LogP contribution < -0.4 is 10.1 Å². The van der Waals surface area contributed by atoms with E-state index in [9.17, 15) is 9.59 Å². The number of nitrogens with zero attached hydrogens (tertiary/aromatic N) is 1. The first-order valence-electron chi connectivity index (χ1n) is 8.82. The van der Waals surface area contributed by atoms with Crippen molar-refractivity contribution in [3.8, 4) is 5.75 Å². The van der Waals surface area contributed by atoms with Crippen LogP contribution in [0.3, 0.4) is 0 Å². The van der Waals surface area contributed by atoms with E-state index in [2.05, 4.69) is 5.32 Å². The van der Waals surface area contributed by atoms with Gasteiger partial charge >= 0.3 is 0 Å². The van der Waals surface area contributed by atoms with Crippen LogP contribution in [-0.2, 0) is 14.3 Å². The highest BCUT2D eigenvalue weighted by Crippen LogP contribution is 2.27. The van der Waals surface area contributed by atoms with Crippen LogP contribution >= 0.6 is 23.2 Å². The van der Waals surface area contributed by atoms with E-state index in [1.165, 1.54) is 6.07 Å². The third kappa shape index (κ3) is 5.61. The summed E-state index contributed by atoms with van der Waals surface area (Å²) in [4.78, 5) is 26.1. The van der Waals surface area contributed by atoms with Gasteiger partial charge in [-0.25, -0.2) is 0 Å². The van der Waals surface area contributed by atoms with Gasteiger partial charge in [0.1, 0.15) is 11.9 Å². The third-order valence-corrected chi connectivity index (χ3v) is 4.81. The van der Waals surface area contributed by atoms with Gasteiger partial charge in [-0.05, 0) is 23.8 Å². The number of hydrogen-bond donors (Lipinski definition) is 1. The number of benzene rings is 2. The lowest BCUT2D eigenvalue weighted by atomic mass is 10.1. The van der Waals surface area contributed by atoms with Crippen molar-refractivity contribution >= 4 is 35.0 Å². The number of nitrogens with one attached hydrogen (secondary N) is 1. The van der Waals surface area contributed by atoms with Crippen LogP contribution in [0.2, 0.25) is 10.0 Å². The maximum Gasteiger partial charge on any atom is 0.258 e. The van der Waals surface area contributed by atoms with Gasteiger partial charge in [0.2, 0.25) is 5.91 Å². The number of morpholine rings is 1. The van der Waals surface area contributed by atoms with E-state index in [0.717, 1.165) is 5.56 Å². The van der Waals surface area contributed by atoms with Gasteiger partial charge in [0.15, 0.2) is 6.61 Å². The molecule has 1 heterocycles. The van der Waals surface area contributed by atoms with Crippen LogP contribution in [0.5, 0.6) is 5.75 Å². The third-order valence-electron chi connectivity index (χ3n) is 4.28. The highest BCUT2D eigenvalue weighted by molar-refractivity contribution is 6.35. The van der Waals surface area contributed by atoms with E-state index in [1.54, 1.807) is 17.0 Å². The summed E-state index contributed by atoms with van der Waals surface area (Å²) in [6.07, 6.45) is -0.162. The highest BCUT2D eigenvalue weighted by atomic mass is 35.5. The number of amides is 2. The van der Waals surface area contributed by atoms with E-state index >= 15 is 0 Å². The average Bonchev–Trinajstić information content (AvgIpc) is 2.72. The van der Waals surface area contributed by atoms with Crippen molar-refractivity contribution < 1.29 is 19.1 Å². The lowest BCUT2D eigenvalue weighted by molar-refractivity contribution is -0.139. The minimum atomic E-state index is -0.410. The summed E-state index contributed by atoms with van der Waals surface area (Å²) in [7, 11) is 0. The van der Waals surface area contributed by atoms with Crippen molar-refractivity contribution in [2.45, 2.75) is 6.10 Å². The Morgan fingerprint density at radius 3 is 2.71 bits per heavy atom. The second-order valence-corrected chi connectivity index (χ2v) is 7.09. The summed E-state index contributed by atoms with van der Waals surface area (Å²) in [5.41, 5.74) is 1.03. The zero-order chi connectivity index (χ0) is 19.9. The van der Waals surface area contributed by atoms with Crippen molar-refractivity contribution in [3.63, 3.8) is 0 Å². The summed E-state index contributed by atoms with van der Waals surface area (Å²) in [6.45, 7) is 1.06. The van der Waals surface area contributed by atoms with Crippen molar-refractivity contribution in [1.82, 2.24) is 10.2 Å². The lowest BCUT2D eigenvalue weighted by Crippen LogP contribution is -2.47. The van der Waals surface area contributed by atoms with Crippen LogP contribution in [0.15, 0.2) is 48.5 Å². The maximum absolute atomic E-state index is 12.4. The van der Waals surface area contributed by atoms with Crippen LogP contribution in [0, 0.1) is 0 Å². The number of halogens is 2. The van der Waals surface area contributed by atoms with Gasteiger partial charge in [0, 0.05) is 11.6 Å². The predicted octanol–water partition coefficient (Wildman–Crippen LogP) is 3.09. The average molecular weight is 423 g/mol. The first-order chi connectivity index (χ1) is 13.5. The Hall–Kier alpha value is -2.28. The Labute approximate surface area is 173 Å². The smallest absolute Gasteiger partial charge is 0.258 e. The van der Waals surface area contributed by atoms with E-state index in [4.69, 9.17) is 32.7 Å². The number of hydrogen-bond acceptors (Lipinski definition) is 4. The van der Waals surface area contributed by atoms with Crippen molar-refractivity contribution in [2.24, 2.45) is 0 Å². The molecule has 2 aromatic carbocycles. The molecule has 0 bridgehead atoms. The number of carbonyl (C=O) groups is 2. The second-order valence-electron chi connectivity index (χ2n) is 6.25. The van der Waals surface area contributed by atoms with Crippen molar-refractivity contribution in [1.29, 1.82) is 0 Å². The van der Waals surface area contributed by atoms with Gasteiger partial charge in [-0.15, -0.1) is 0 Å². The highest BCUT2D eigenvalue weighted by Gasteiger charge is 2.25. The molecule has 6 nitrogen and oxygen atoms in total. The standard InChI is InChI=1S/C20H20Cl2N2O4/c21-15-6-7-17(16(22)10-15)28-13-19(25)23-11-20(26)24-8-9-27-18(12-24)14-4-2-1-3-5-14/h1-7,10,18H,8-9,11-13H2,(H,23,25). The monoisotopic (exact) mass is 422 g/mol. The van der Waals surface area contributed by atoms with Crippen LogP contribution in [0.1, 0.15) is 11.7 Å². The quantitative estimate of drug-likeness (QED) is 0.776. The molecule has 0 spiro atoms. The molecule has 2 aromatic rings. The molecule has 0 radical (unpaired) electrons. The fourth-order valence-electron chi connectivity index (χ4n) is 2.82. The van der Waals surface area contributed by atoms with Gasteiger partial charge in [0.05, 0.1) is 24.7 Å². The first kappa shape index (κ1) is 20.5. The summed E-state index contributed by atoms with van der Waals surface area (Å²) >= 11 is 11.8. The Balaban J connectivity index is 1.44. The molecule has 1 saturated heterocycles. The topological polar surface area (TPSA) is 67.9 Å². The number of ether oxygens (including phenoxy) is 2. The summed E-state index contributed by atoms with van der Waals surface area (Å²) in [6, 6.07) is 14.5. The van der Waals surface area contributed by atoms with Gasteiger partial charge in [0.25, 0.3) is 5.91 Å². The molecular formula is C20H20Cl2N2O4. The number of carbonyl (C=O) groups excluding carboxylic acids is 2. The molecule has 148 valence electrons. The molecule has 1 N–H and O–H groups in total. The lowest BCUT2D eigenvalue weighted by Gasteiger charge is -2.33. The SMILES string of the molecule is O=C(COc1ccc(Cl)cc1Cl)NCC(=O)N1CCOC(c2ccccc2)C1. The summed E-state index contributed by atoms with van der Waals surface area (Å²) < 4.78 is 11.1. The van der Waals surface area contributed by atoms with E-state index in [-0.39, 0.29) is 25.2 Å². The zero-order valence-corrected chi connectivity index (χ0v) is 16.6. The Morgan fingerprint density at radius 2 is 1.96 bits per heavy atom. The first-order valence-corrected chi connectivity index (χ1v) is 9.57. The molecule has 2 amide bonds. The molecule has 0 saturated carbocycles. The van der Waals surface area contributed by atoms with Crippen LogP contribution in [0.4, 0.5) is 0 Å². The fraction of sp³-hybridized carbons (Fsp3) is 0.300. The molecule has 1 aliphatic heterocycles. The molecule has 1 atom stereocenters. The molecule has 1 aliphatic rings. The molecular weight excluding hydrogens is 403 g/mol. The maximum atomic E-state index is 12.4. The van der Waals surface area contributed by atoms with Gasteiger partial charge in [-0.1, -0.05) is 53.5 Å². The fourth-order valence-corrected chi connectivity index (χ4v) is 3.28. The summed E-state index contributed by atoms with van der Waals surface area (Å²) in [5, 5.41) is 3.37. The molecule has 1 fully saturated rings. The van der Waals surface area contributed by atoms with Gasteiger partial charge < -0.3 is 19.7 Å². The van der Waals surface area contributed by atoms with Crippen LogP contribution in [-0.4, -0.2) is 49.6 Å². The van der Waals surface area contributed by atoms with Crippen molar-refractivity contribution in [3.05, 3.63) is 64.1 Å². The minimum Gasteiger partial charge on any atom is -0.482 e. The van der Waals surface area contributed by atoms with E-state index in [1.807, 2.05) is 30.3 Å². The van der Waals surface area contributed by atoms with Crippen LogP contribution in [0.25, 0.3) is 0 Å². The van der Waals surface area contributed by atoms with Gasteiger partial charge in [-0.2, -0.15) is 0 Å². The van der Waals surface area contributed by atoms with Crippen molar-refractivity contribution in [2.75, 3.05) is 32.8 Å². The Morgan fingerprint density at radius 1 is 1.18 bits per heavy atom. The normalized spacial score (nSPS) is 16.5. The predicted molar refractivity (Wildman–Crippen MR) is 107 cm³/mol. The zero-order valence-electron chi connectivity index (χ0n) is 15.1. The van der Waals surface area contributed by atoms with E-state index < -0.39 is 5.91 Å². The molecule has 28 heavy (non-hydrogen) atoms. The molecule has 0 aliphatic carbocycles. The molecule has 0 aromatic heterocycles. The Bertz CT molecular complexity index is 832. The largest absolute Gasteiger partial charge is 0.482 e.